The second-order valence-electron chi connectivity index (χ2n) is 5.65. The zero-order valence-electron chi connectivity index (χ0n) is 14.6. The molecule has 0 bridgehead atoms. The Morgan fingerprint density at radius 2 is 2.12 bits per heavy atom. The van der Waals surface area contributed by atoms with Crippen molar-refractivity contribution in [1.82, 2.24) is 15.0 Å². The molecule has 0 aliphatic carbocycles. The van der Waals surface area contributed by atoms with Gasteiger partial charge < -0.3 is 18.6 Å². The van der Waals surface area contributed by atoms with Crippen molar-refractivity contribution in [1.29, 1.82) is 0 Å². The number of carbonyl (C=O) groups is 2. The van der Waals surface area contributed by atoms with Crippen LogP contribution in [0.15, 0.2) is 45.6 Å². The third kappa shape index (κ3) is 3.49. The molecule has 0 aliphatic rings. The van der Waals surface area contributed by atoms with Gasteiger partial charge in [-0.25, -0.2) is 4.79 Å². The van der Waals surface area contributed by atoms with Crippen LogP contribution < -0.4 is 0 Å². The van der Waals surface area contributed by atoms with Crippen LogP contribution in [0, 0.1) is 6.92 Å². The van der Waals surface area contributed by atoms with Gasteiger partial charge in [0, 0.05) is 31.1 Å². The highest BCUT2D eigenvalue weighted by Gasteiger charge is 2.21. The summed E-state index contributed by atoms with van der Waals surface area (Å²) >= 11 is 0. The minimum atomic E-state index is -0.482. The third-order valence-corrected chi connectivity index (χ3v) is 3.79. The fraction of sp³-hybridized carbons (Fsp3) is 0.222. The van der Waals surface area contributed by atoms with Crippen molar-refractivity contribution in [2.24, 2.45) is 0 Å². The molecule has 0 unspecified atom stereocenters. The highest BCUT2D eigenvalue weighted by atomic mass is 16.5. The van der Waals surface area contributed by atoms with E-state index in [0.717, 1.165) is 5.56 Å². The van der Waals surface area contributed by atoms with E-state index in [1.54, 1.807) is 44.6 Å². The summed E-state index contributed by atoms with van der Waals surface area (Å²) in [5, 5.41) is 3.82. The van der Waals surface area contributed by atoms with Crippen LogP contribution in [0.3, 0.4) is 0 Å². The highest BCUT2D eigenvalue weighted by Crippen LogP contribution is 2.21. The van der Waals surface area contributed by atoms with E-state index in [1.807, 2.05) is 6.07 Å². The number of aryl methyl sites for hydroxylation is 1. The average molecular weight is 355 g/mol. The summed E-state index contributed by atoms with van der Waals surface area (Å²) in [4.78, 5) is 29.6. The molecule has 0 saturated heterocycles. The summed E-state index contributed by atoms with van der Waals surface area (Å²) < 4.78 is 15.4. The molecule has 1 amide bonds. The maximum absolute atomic E-state index is 12.5. The zero-order chi connectivity index (χ0) is 18.7. The van der Waals surface area contributed by atoms with Crippen LogP contribution in [0.1, 0.15) is 32.4 Å². The molecular weight excluding hydrogens is 338 g/mol. The number of methoxy groups -OCH3 is 1. The van der Waals surface area contributed by atoms with E-state index in [4.69, 9.17) is 8.94 Å². The number of aromatic nitrogens is 2. The van der Waals surface area contributed by atoms with Gasteiger partial charge >= 0.3 is 5.97 Å². The van der Waals surface area contributed by atoms with Gasteiger partial charge in [0.05, 0.1) is 13.7 Å². The van der Waals surface area contributed by atoms with Crippen LogP contribution in [-0.2, 0) is 11.3 Å². The van der Waals surface area contributed by atoms with Gasteiger partial charge in [0.2, 0.25) is 0 Å². The number of ether oxygens (including phenoxy) is 1. The molecule has 8 heteroatoms. The SMILES string of the molecule is COC(=O)c1cc(CN(C)C(=O)c2cc(-c3cccnc3)on2)oc1C. The van der Waals surface area contributed by atoms with Crippen molar-refractivity contribution in [3.8, 4) is 11.3 Å². The maximum atomic E-state index is 12.5. The van der Waals surface area contributed by atoms with E-state index in [2.05, 4.69) is 14.9 Å². The van der Waals surface area contributed by atoms with E-state index in [9.17, 15) is 9.59 Å². The monoisotopic (exact) mass is 355 g/mol. The van der Waals surface area contributed by atoms with Gasteiger partial charge in [-0.2, -0.15) is 0 Å². The van der Waals surface area contributed by atoms with Crippen LogP contribution in [0.5, 0.6) is 0 Å². The predicted molar refractivity (Wildman–Crippen MR) is 90.3 cm³/mol. The first kappa shape index (κ1) is 17.4. The summed E-state index contributed by atoms with van der Waals surface area (Å²) in [5.74, 6) is 0.543. The second kappa shape index (κ2) is 7.22. The molecule has 0 radical (unpaired) electrons. The van der Waals surface area contributed by atoms with Crippen molar-refractivity contribution in [2.45, 2.75) is 13.5 Å². The normalized spacial score (nSPS) is 10.6. The summed E-state index contributed by atoms with van der Waals surface area (Å²) in [7, 11) is 2.91. The first-order valence-electron chi connectivity index (χ1n) is 7.79. The first-order chi connectivity index (χ1) is 12.5. The molecule has 26 heavy (non-hydrogen) atoms. The topological polar surface area (TPSA) is 98.7 Å². The van der Waals surface area contributed by atoms with Gasteiger partial charge in [-0.05, 0) is 25.1 Å². The van der Waals surface area contributed by atoms with Crippen LogP contribution in [-0.4, -0.2) is 41.1 Å². The Morgan fingerprint density at radius 1 is 1.31 bits per heavy atom. The van der Waals surface area contributed by atoms with Gasteiger partial charge in [0.15, 0.2) is 11.5 Å². The highest BCUT2D eigenvalue weighted by molar-refractivity contribution is 5.93. The molecule has 0 saturated carbocycles. The van der Waals surface area contributed by atoms with Crippen molar-refractivity contribution in [3.63, 3.8) is 0 Å². The molecule has 0 aliphatic heterocycles. The van der Waals surface area contributed by atoms with Crippen LogP contribution in [0.2, 0.25) is 0 Å². The van der Waals surface area contributed by atoms with E-state index < -0.39 is 5.97 Å². The number of hydrogen-bond donors (Lipinski definition) is 0. The molecule has 8 nitrogen and oxygen atoms in total. The quantitative estimate of drug-likeness (QED) is 0.649. The fourth-order valence-corrected chi connectivity index (χ4v) is 2.46. The minimum absolute atomic E-state index is 0.169. The van der Waals surface area contributed by atoms with Gasteiger partial charge in [0.1, 0.15) is 17.1 Å². The number of pyridine rings is 1. The van der Waals surface area contributed by atoms with E-state index in [1.165, 1.54) is 12.0 Å². The van der Waals surface area contributed by atoms with Gasteiger partial charge in [0.25, 0.3) is 5.91 Å². The Morgan fingerprint density at radius 3 is 2.81 bits per heavy atom. The van der Waals surface area contributed by atoms with Crippen molar-refractivity contribution in [3.05, 3.63) is 59.4 Å². The second-order valence-corrected chi connectivity index (χ2v) is 5.65. The lowest BCUT2D eigenvalue weighted by Crippen LogP contribution is -2.26. The van der Waals surface area contributed by atoms with Gasteiger partial charge in [-0.3, -0.25) is 9.78 Å². The molecule has 3 heterocycles. The summed E-state index contributed by atoms with van der Waals surface area (Å²) in [5.41, 5.74) is 1.23. The molecule has 3 rings (SSSR count). The molecule has 0 N–H and O–H groups in total. The lowest BCUT2D eigenvalue weighted by molar-refractivity contribution is 0.0598. The summed E-state index contributed by atoms with van der Waals surface area (Å²) in [6.45, 7) is 1.83. The Balaban J connectivity index is 1.73. The molecule has 0 fully saturated rings. The Hall–Kier alpha value is -3.42. The molecule has 0 atom stereocenters. The number of furan rings is 1. The molecule has 3 aromatic heterocycles. The number of amides is 1. The molecule has 134 valence electrons. The molecule has 3 aromatic rings. The van der Waals surface area contributed by atoms with Crippen molar-refractivity contribution < 1.29 is 23.3 Å². The van der Waals surface area contributed by atoms with E-state index in [0.29, 0.717) is 22.8 Å². The first-order valence-corrected chi connectivity index (χ1v) is 7.79. The van der Waals surface area contributed by atoms with Crippen LogP contribution >= 0.6 is 0 Å². The van der Waals surface area contributed by atoms with E-state index >= 15 is 0 Å². The minimum Gasteiger partial charge on any atom is -0.465 e. The zero-order valence-corrected chi connectivity index (χ0v) is 14.6. The van der Waals surface area contributed by atoms with Crippen molar-refractivity contribution >= 4 is 11.9 Å². The van der Waals surface area contributed by atoms with Gasteiger partial charge in [-0.1, -0.05) is 5.16 Å². The Kier molecular flexibility index (Phi) is 4.83. The number of carbonyl (C=O) groups excluding carboxylic acids is 2. The lowest BCUT2D eigenvalue weighted by atomic mass is 10.2. The Labute approximate surface area is 149 Å². The van der Waals surface area contributed by atoms with Gasteiger partial charge in [-0.15, -0.1) is 0 Å². The van der Waals surface area contributed by atoms with Crippen molar-refractivity contribution in [2.75, 3.05) is 14.2 Å². The molecule has 0 aromatic carbocycles. The largest absolute Gasteiger partial charge is 0.465 e. The number of esters is 1. The molecule has 0 spiro atoms. The summed E-state index contributed by atoms with van der Waals surface area (Å²) in [6, 6.07) is 6.70. The summed E-state index contributed by atoms with van der Waals surface area (Å²) in [6.07, 6.45) is 3.27. The number of rotatable bonds is 5. The lowest BCUT2D eigenvalue weighted by Gasteiger charge is -2.13. The smallest absolute Gasteiger partial charge is 0.341 e. The van der Waals surface area contributed by atoms with Crippen LogP contribution in [0.4, 0.5) is 0 Å². The van der Waals surface area contributed by atoms with Crippen LogP contribution in [0.25, 0.3) is 11.3 Å². The average Bonchev–Trinajstić information content (AvgIpc) is 3.28. The fourth-order valence-electron chi connectivity index (χ4n) is 2.46. The molecular formula is C18H17N3O5. The number of nitrogens with zero attached hydrogens (tertiary/aromatic N) is 3. The third-order valence-electron chi connectivity index (χ3n) is 3.79. The Bertz CT molecular complexity index is 929. The standard InChI is InChI=1S/C18H17N3O5/c1-11-14(18(23)24-3)7-13(25-11)10-21(2)17(22)15-8-16(26-20-15)12-5-4-6-19-9-12/h4-9H,10H2,1-3H3. The number of hydrogen-bond acceptors (Lipinski definition) is 7. The predicted octanol–water partition coefficient (Wildman–Crippen LogP) is 2.70. The van der Waals surface area contributed by atoms with E-state index in [-0.39, 0.29) is 18.1 Å². The maximum Gasteiger partial charge on any atom is 0.341 e.